The molecule has 0 fully saturated rings. The van der Waals surface area contributed by atoms with E-state index in [0.717, 1.165) is 19.4 Å². The third kappa shape index (κ3) is 11.4. The molecule has 2 N–H and O–H groups in total. The van der Waals surface area contributed by atoms with Crippen molar-refractivity contribution in [2.24, 2.45) is 16.5 Å². The standard InChI is InChI=1S/C13H29NO4S/c1-5-6-7-17-8-9-18-10-12(13(2,3)4)11-19(14,15)16/h12H,5-11H2,1-4H3,(H2,14,15,16). The molecule has 0 aromatic rings. The second kappa shape index (κ2) is 8.89. The Balaban J connectivity index is 3.95. The first-order valence-electron chi connectivity index (χ1n) is 6.82. The Morgan fingerprint density at radius 2 is 1.68 bits per heavy atom. The van der Waals surface area contributed by atoms with Crippen LogP contribution in [-0.2, 0) is 19.5 Å². The van der Waals surface area contributed by atoms with Gasteiger partial charge in [-0.25, -0.2) is 13.6 Å². The summed E-state index contributed by atoms with van der Waals surface area (Å²) in [6.45, 7) is 10.3. The highest BCUT2D eigenvalue weighted by Crippen LogP contribution is 2.27. The normalized spacial score (nSPS) is 14.6. The lowest BCUT2D eigenvalue weighted by Gasteiger charge is -2.29. The summed E-state index contributed by atoms with van der Waals surface area (Å²) < 4.78 is 33.3. The van der Waals surface area contributed by atoms with Gasteiger partial charge in [-0.1, -0.05) is 34.1 Å². The second-order valence-electron chi connectivity index (χ2n) is 5.93. The molecule has 0 amide bonds. The molecule has 0 saturated carbocycles. The Kier molecular flexibility index (Phi) is 8.81. The Hall–Kier alpha value is -0.170. The molecule has 0 aromatic heterocycles. The third-order valence-electron chi connectivity index (χ3n) is 2.99. The minimum absolute atomic E-state index is 0.0484. The molecular weight excluding hydrogens is 266 g/mol. The summed E-state index contributed by atoms with van der Waals surface area (Å²) >= 11 is 0. The summed E-state index contributed by atoms with van der Waals surface area (Å²) in [7, 11) is -3.47. The third-order valence-corrected chi connectivity index (χ3v) is 3.86. The van der Waals surface area contributed by atoms with Crippen LogP contribution in [0.3, 0.4) is 0 Å². The topological polar surface area (TPSA) is 78.6 Å². The Morgan fingerprint density at radius 1 is 1.11 bits per heavy atom. The van der Waals surface area contributed by atoms with E-state index in [1.54, 1.807) is 0 Å². The van der Waals surface area contributed by atoms with Gasteiger partial charge < -0.3 is 9.47 Å². The maximum Gasteiger partial charge on any atom is 0.209 e. The van der Waals surface area contributed by atoms with Crippen LogP contribution in [0.15, 0.2) is 0 Å². The van der Waals surface area contributed by atoms with E-state index < -0.39 is 10.0 Å². The van der Waals surface area contributed by atoms with Crippen molar-refractivity contribution in [1.82, 2.24) is 0 Å². The Morgan fingerprint density at radius 3 is 2.16 bits per heavy atom. The van der Waals surface area contributed by atoms with Crippen LogP contribution in [0, 0.1) is 11.3 Å². The number of sulfonamides is 1. The minimum atomic E-state index is -3.47. The van der Waals surface area contributed by atoms with Crippen LogP contribution in [0.25, 0.3) is 0 Å². The molecule has 1 atom stereocenters. The van der Waals surface area contributed by atoms with Gasteiger partial charge in [-0.15, -0.1) is 0 Å². The van der Waals surface area contributed by atoms with Gasteiger partial charge in [-0.05, 0) is 11.8 Å². The highest BCUT2D eigenvalue weighted by molar-refractivity contribution is 7.89. The predicted molar refractivity (Wildman–Crippen MR) is 77.5 cm³/mol. The molecule has 0 aliphatic heterocycles. The van der Waals surface area contributed by atoms with Crippen molar-refractivity contribution >= 4 is 10.0 Å². The van der Waals surface area contributed by atoms with Gasteiger partial charge in [0.15, 0.2) is 0 Å². The molecule has 19 heavy (non-hydrogen) atoms. The van der Waals surface area contributed by atoms with Gasteiger partial charge in [0.2, 0.25) is 10.0 Å². The summed E-state index contributed by atoms with van der Waals surface area (Å²) in [5.41, 5.74) is -0.157. The van der Waals surface area contributed by atoms with Crippen molar-refractivity contribution in [3.05, 3.63) is 0 Å². The first-order chi connectivity index (χ1) is 8.67. The lowest BCUT2D eigenvalue weighted by molar-refractivity contribution is 0.0181. The second-order valence-corrected chi connectivity index (χ2v) is 7.59. The van der Waals surface area contributed by atoms with E-state index >= 15 is 0 Å². The molecule has 0 bridgehead atoms. The van der Waals surface area contributed by atoms with Crippen LogP contribution in [0.4, 0.5) is 0 Å². The van der Waals surface area contributed by atoms with Crippen LogP contribution in [0.2, 0.25) is 0 Å². The molecule has 0 aromatic carbocycles. The molecule has 1 unspecified atom stereocenters. The average Bonchev–Trinajstić information content (AvgIpc) is 2.23. The summed E-state index contributed by atoms with van der Waals surface area (Å²) in [6, 6.07) is 0. The number of rotatable bonds is 10. The molecule has 0 spiro atoms. The quantitative estimate of drug-likeness (QED) is 0.623. The van der Waals surface area contributed by atoms with E-state index in [2.05, 4.69) is 6.92 Å². The highest BCUT2D eigenvalue weighted by Gasteiger charge is 2.28. The van der Waals surface area contributed by atoms with E-state index in [9.17, 15) is 8.42 Å². The van der Waals surface area contributed by atoms with Crippen molar-refractivity contribution in [3.63, 3.8) is 0 Å². The molecule has 6 heteroatoms. The number of hydrogen-bond acceptors (Lipinski definition) is 4. The number of primary sulfonamides is 1. The lowest BCUT2D eigenvalue weighted by atomic mass is 9.82. The fraction of sp³-hybridized carbons (Fsp3) is 1.00. The van der Waals surface area contributed by atoms with E-state index in [-0.39, 0.29) is 17.1 Å². The molecular formula is C13H29NO4S. The molecule has 0 saturated heterocycles. The van der Waals surface area contributed by atoms with Crippen molar-refractivity contribution < 1.29 is 17.9 Å². The van der Waals surface area contributed by atoms with Gasteiger partial charge in [-0.2, -0.15) is 0 Å². The van der Waals surface area contributed by atoms with Crippen LogP contribution in [0.5, 0.6) is 0 Å². The monoisotopic (exact) mass is 295 g/mol. The van der Waals surface area contributed by atoms with Gasteiger partial charge in [-0.3, -0.25) is 0 Å². The Labute approximate surface area is 117 Å². The fourth-order valence-corrected chi connectivity index (χ4v) is 2.68. The average molecular weight is 295 g/mol. The smallest absolute Gasteiger partial charge is 0.209 e. The molecule has 5 nitrogen and oxygen atoms in total. The number of hydrogen-bond donors (Lipinski definition) is 1. The first kappa shape index (κ1) is 18.8. The highest BCUT2D eigenvalue weighted by atomic mass is 32.2. The summed E-state index contributed by atoms with van der Waals surface area (Å²) in [5.74, 6) is -0.161. The summed E-state index contributed by atoms with van der Waals surface area (Å²) in [6.07, 6.45) is 2.16. The maximum atomic E-state index is 11.2. The SMILES string of the molecule is CCCCOCCOCC(CS(N)(=O)=O)C(C)(C)C. The van der Waals surface area contributed by atoms with Crippen LogP contribution in [-0.4, -0.2) is 40.6 Å². The number of unbranched alkanes of at least 4 members (excludes halogenated alkanes) is 1. The van der Waals surface area contributed by atoms with E-state index in [0.29, 0.717) is 19.8 Å². The van der Waals surface area contributed by atoms with E-state index in [4.69, 9.17) is 14.6 Å². The fourth-order valence-electron chi connectivity index (χ4n) is 1.52. The molecule has 0 aliphatic rings. The zero-order valence-electron chi connectivity index (χ0n) is 12.6. The van der Waals surface area contributed by atoms with E-state index in [1.807, 2.05) is 20.8 Å². The molecule has 0 rings (SSSR count). The largest absolute Gasteiger partial charge is 0.379 e. The van der Waals surface area contributed by atoms with Crippen LogP contribution in [0.1, 0.15) is 40.5 Å². The maximum absolute atomic E-state index is 11.2. The molecule has 0 heterocycles. The van der Waals surface area contributed by atoms with Crippen molar-refractivity contribution in [3.8, 4) is 0 Å². The first-order valence-corrected chi connectivity index (χ1v) is 8.54. The van der Waals surface area contributed by atoms with Crippen molar-refractivity contribution in [2.45, 2.75) is 40.5 Å². The number of ether oxygens (including phenoxy) is 2. The molecule has 0 aliphatic carbocycles. The van der Waals surface area contributed by atoms with Crippen molar-refractivity contribution in [2.75, 3.05) is 32.2 Å². The minimum Gasteiger partial charge on any atom is -0.379 e. The van der Waals surface area contributed by atoms with Gasteiger partial charge in [0.25, 0.3) is 0 Å². The van der Waals surface area contributed by atoms with Gasteiger partial charge in [0, 0.05) is 12.5 Å². The van der Waals surface area contributed by atoms with Crippen molar-refractivity contribution in [1.29, 1.82) is 0 Å². The Bertz CT molecular complexity index is 322. The molecule has 0 radical (unpaired) electrons. The van der Waals surface area contributed by atoms with Crippen LogP contribution >= 0.6 is 0 Å². The zero-order chi connectivity index (χ0) is 14.9. The summed E-state index contributed by atoms with van der Waals surface area (Å²) in [5, 5.41) is 5.11. The van der Waals surface area contributed by atoms with Gasteiger partial charge >= 0.3 is 0 Å². The van der Waals surface area contributed by atoms with E-state index in [1.165, 1.54) is 0 Å². The predicted octanol–water partition coefficient (Wildman–Crippen LogP) is 1.77. The van der Waals surface area contributed by atoms with Crippen LogP contribution < -0.4 is 5.14 Å². The zero-order valence-corrected chi connectivity index (χ0v) is 13.5. The van der Waals surface area contributed by atoms with Gasteiger partial charge in [0.05, 0.1) is 25.6 Å². The molecule has 116 valence electrons. The van der Waals surface area contributed by atoms with Gasteiger partial charge in [0.1, 0.15) is 0 Å². The number of nitrogens with two attached hydrogens (primary N) is 1. The summed E-state index contributed by atoms with van der Waals surface area (Å²) in [4.78, 5) is 0. The lowest BCUT2D eigenvalue weighted by Crippen LogP contribution is -2.35.